The highest BCUT2D eigenvalue weighted by Crippen LogP contribution is 2.44. The number of piperidine rings is 1. The van der Waals surface area contributed by atoms with E-state index in [0.717, 1.165) is 67.1 Å². The molecule has 0 amide bonds. The molecule has 2 aliphatic heterocycles. The lowest BCUT2D eigenvalue weighted by Crippen LogP contribution is -2.33. The molecule has 1 unspecified atom stereocenters. The molecule has 6 heteroatoms. The minimum atomic E-state index is 0.459. The van der Waals surface area contributed by atoms with Crippen LogP contribution in [0.4, 0.5) is 5.69 Å². The third-order valence-electron chi connectivity index (χ3n) is 6.96. The maximum atomic E-state index is 6.57. The van der Waals surface area contributed by atoms with E-state index < -0.39 is 0 Å². The number of rotatable bonds is 5. The molecule has 6 nitrogen and oxygen atoms in total. The number of ether oxygens (including phenoxy) is 2. The predicted octanol–water partition coefficient (Wildman–Crippen LogP) is 5.05. The van der Waals surface area contributed by atoms with E-state index in [1.807, 2.05) is 30.5 Å². The van der Waals surface area contributed by atoms with Gasteiger partial charge in [-0.05, 0) is 82.1 Å². The van der Waals surface area contributed by atoms with Crippen LogP contribution in [0.1, 0.15) is 37.8 Å². The zero-order valence-corrected chi connectivity index (χ0v) is 19.2. The van der Waals surface area contributed by atoms with Gasteiger partial charge in [0.1, 0.15) is 17.2 Å². The van der Waals surface area contributed by atoms with Gasteiger partial charge in [0.2, 0.25) is 0 Å². The molecule has 1 fully saturated rings. The number of aromatic nitrogens is 2. The summed E-state index contributed by atoms with van der Waals surface area (Å²) in [7, 11) is 3.85. The normalized spacial score (nSPS) is 19.0. The molecule has 3 heterocycles. The number of nitrogens with zero attached hydrogens (tertiary/aromatic N) is 3. The second-order valence-electron chi connectivity index (χ2n) is 8.91. The molecule has 2 aliphatic rings. The van der Waals surface area contributed by atoms with Gasteiger partial charge in [-0.15, -0.1) is 0 Å². The number of methoxy groups -OCH3 is 1. The lowest BCUT2D eigenvalue weighted by Gasteiger charge is -2.35. The fourth-order valence-corrected chi connectivity index (χ4v) is 4.83. The van der Waals surface area contributed by atoms with Crippen LogP contribution in [0.5, 0.6) is 17.2 Å². The van der Waals surface area contributed by atoms with Crippen molar-refractivity contribution in [3.8, 4) is 28.4 Å². The van der Waals surface area contributed by atoms with Crippen LogP contribution >= 0.6 is 0 Å². The van der Waals surface area contributed by atoms with E-state index in [1.165, 1.54) is 11.3 Å². The molecule has 1 aromatic heterocycles. The second-order valence-corrected chi connectivity index (χ2v) is 8.91. The van der Waals surface area contributed by atoms with Crippen molar-refractivity contribution in [2.45, 2.75) is 44.7 Å². The number of nitrogens with one attached hydrogen (secondary N) is 1. The van der Waals surface area contributed by atoms with Gasteiger partial charge in [-0.1, -0.05) is 0 Å². The monoisotopic (exact) mass is 432 g/mol. The van der Waals surface area contributed by atoms with Gasteiger partial charge >= 0.3 is 0 Å². The highest BCUT2D eigenvalue weighted by Gasteiger charge is 2.26. The first-order valence-corrected chi connectivity index (χ1v) is 11.6. The van der Waals surface area contributed by atoms with Gasteiger partial charge in [-0.3, -0.25) is 4.68 Å². The van der Waals surface area contributed by atoms with Crippen LogP contribution in [0.15, 0.2) is 48.8 Å². The number of fused-ring (bicyclic) bond motifs is 1. The SMILES string of the molecule is COc1ccc(Oc2c(-c3cnn(C4CCNCC4)c3)ccc3c2CCC(C)N3C)cc1. The van der Waals surface area contributed by atoms with E-state index in [-0.39, 0.29) is 0 Å². The Hall–Kier alpha value is -2.99. The maximum Gasteiger partial charge on any atom is 0.140 e. The van der Waals surface area contributed by atoms with Gasteiger partial charge in [0.25, 0.3) is 0 Å². The molecule has 1 saturated heterocycles. The summed E-state index contributed by atoms with van der Waals surface area (Å²) in [6, 6.07) is 13.2. The van der Waals surface area contributed by atoms with Crippen molar-refractivity contribution < 1.29 is 9.47 Å². The first-order valence-electron chi connectivity index (χ1n) is 11.6. The molecule has 168 valence electrons. The second kappa shape index (κ2) is 8.87. The van der Waals surface area contributed by atoms with Crippen molar-refractivity contribution in [1.29, 1.82) is 0 Å². The van der Waals surface area contributed by atoms with Gasteiger partial charge in [0, 0.05) is 41.7 Å². The Balaban J connectivity index is 1.55. The minimum absolute atomic E-state index is 0.459. The smallest absolute Gasteiger partial charge is 0.140 e. The maximum absolute atomic E-state index is 6.57. The van der Waals surface area contributed by atoms with Gasteiger partial charge in [0.15, 0.2) is 0 Å². The summed E-state index contributed by atoms with van der Waals surface area (Å²) >= 11 is 0. The van der Waals surface area contributed by atoms with Crippen LogP contribution < -0.4 is 19.7 Å². The predicted molar refractivity (Wildman–Crippen MR) is 128 cm³/mol. The lowest BCUT2D eigenvalue weighted by molar-refractivity contribution is 0.343. The molecule has 1 N–H and O–H groups in total. The first-order chi connectivity index (χ1) is 15.6. The van der Waals surface area contributed by atoms with Crippen molar-refractivity contribution in [3.05, 3.63) is 54.4 Å². The van der Waals surface area contributed by atoms with E-state index in [4.69, 9.17) is 14.6 Å². The largest absolute Gasteiger partial charge is 0.497 e. The fraction of sp³-hybridized carbons (Fsp3) is 0.423. The molecule has 32 heavy (non-hydrogen) atoms. The minimum Gasteiger partial charge on any atom is -0.497 e. The lowest BCUT2D eigenvalue weighted by atomic mass is 9.93. The van der Waals surface area contributed by atoms with Crippen molar-refractivity contribution in [2.75, 3.05) is 32.1 Å². The molecule has 0 radical (unpaired) electrons. The van der Waals surface area contributed by atoms with Crippen LogP contribution in [0.3, 0.4) is 0 Å². The Morgan fingerprint density at radius 1 is 1.00 bits per heavy atom. The molecule has 2 aromatic carbocycles. The quantitative estimate of drug-likeness (QED) is 0.612. The average molecular weight is 433 g/mol. The van der Waals surface area contributed by atoms with E-state index in [1.54, 1.807) is 7.11 Å². The average Bonchev–Trinajstić information content (AvgIpc) is 3.33. The van der Waals surface area contributed by atoms with E-state index in [2.05, 4.69) is 47.2 Å². The zero-order chi connectivity index (χ0) is 22.1. The van der Waals surface area contributed by atoms with Crippen LogP contribution in [0.25, 0.3) is 11.1 Å². The first kappa shape index (κ1) is 20.9. The topological polar surface area (TPSA) is 51.6 Å². The summed E-state index contributed by atoms with van der Waals surface area (Å²) < 4.78 is 14.0. The Kier molecular flexibility index (Phi) is 5.79. The summed E-state index contributed by atoms with van der Waals surface area (Å²) in [6.07, 6.45) is 8.52. The van der Waals surface area contributed by atoms with E-state index in [9.17, 15) is 0 Å². The van der Waals surface area contributed by atoms with E-state index >= 15 is 0 Å². The molecule has 0 bridgehead atoms. The van der Waals surface area contributed by atoms with Crippen molar-refractivity contribution in [1.82, 2.24) is 15.1 Å². The summed E-state index contributed by atoms with van der Waals surface area (Å²) in [5.41, 5.74) is 4.73. The van der Waals surface area contributed by atoms with Crippen LogP contribution in [-0.4, -0.2) is 43.1 Å². The number of anilines is 1. The third-order valence-corrected chi connectivity index (χ3v) is 6.96. The van der Waals surface area contributed by atoms with Crippen molar-refractivity contribution in [2.24, 2.45) is 0 Å². The molecule has 0 saturated carbocycles. The summed E-state index contributed by atoms with van der Waals surface area (Å²) in [4.78, 5) is 2.36. The fourth-order valence-electron chi connectivity index (χ4n) is 4.83. The van der Waals surface area contributed by atoms with Crippen molar-refractivity contribution >= 4 is 5.69 Å². The van der Waals surface area contributed by atoms with Gasteiger partial charge in [-0.25, -0.2) is 0 Å². The zero-order valence-electron chi connectivity index (χ0n) is 19.2. The summed E-state index contributed by atoms with van der Waals surface area (Å²) in [6.45, 7) is 4.38. The third kappa shape index (κ3) is 3.95. The van der Waals surface area contributed by atoms with Crippen LogP contribution in [0.2, 0.25) is 0 Å². The molecule has 0 aliphatic carbocycles. The molecule has 5 rings (SSSR count). The van der Waals surface area contributed by atoms with Crippen molar-refractivity contribution in [3.63, 3.8) is 0 Å². The Morgan fingerprint density at radius 2 is 1.75 bits per heavy atom. The Labute approximate surface area is 190 Å². The highest BCUT2D eigenvalue weighted by molar-refractivity contribution is 5.78. The molecule has 3 aromatic rings. The molecular formula is C26H32N4O2. The molecule has 0 spiro atoms. The van der Waals surface area contributed by atoms with Gasteiger partial charge in [-0.2, -0.15) is 5.10 Å². The van der Waals surface area contributed by atoms with Gasteiger partial charge in [0.05, 0.1) is 19.3 Å². The molecular weight excluding hydrogens is 400 g/mol. The Morgan fingerprint density at radius 3 is 2.50 bits per heavy atom. The van der Waals surface area contributed by atoms with Gasteiger partial charge < -0.3 is 19.7 Å². The summed E-state index contributed by atoms with van der Waals surface area (Å²) in [5, 5.41) is 8.17. The number of hydrogen-bond donors (Lipinski definition) is 1. The van der Waals surface area contributed by atoms with E-state index in [0.29, 0.717) is 12.1 Å². The number of benzene rings is 2. The number of hydrogen-bond acceptors (Lipinski definition) is 5. The van der Waals surface area contributed by atoms with Crippen LogP contribution in [0, 0.1) is 0 Å². The summed E-state index contributed by atoms with van der Waals surface area (Å²) in [5.74, 6) is 2.58. The Bertz CT molecular complexity index is 1070. The van der Waals surface area contributed by atoms with Crippen LogP contribution in [-0.2, 0) is 6.42 Å². The standard InChI is InChI=1S/C26H32N4O2/c1-18-4-9-24-25(29(18)2)11-10-23(26(24)32-22-7-5-21(31-3)6-8-22)19-16-28-30(17-19)20-12-14-27-15-13-20/h5-8,10-11,16-18,20,27H,4,9,12-15H2,1-3H3. The highest BCUT2D eigenvalue weighted by atomic mass is 16.5. The molecule has 1 atom stereocenters.